The SMILES string of the molecule is [C-]1=CC(P(c2cc[cH-]c2)C2C=[C-]C=C2)C=C1.[Fe+2].[Fe+2].[Fe+2].c1cc[cH-]c1.c1cc[cH-]c1.c1cc[cH-]c1. The van der Waals surface area contributed by atoms with E-state index in [1.165, 1.54) is 5.30 Å². The molecule has 0 aromatic heterocycles. The Balaban J connectivity index is 0.000000501. The zero-order valence-corrected chi connectivity index (χ0v) is 22.8. The van der Waals surface area contributed by atoms with Crippen molar-refractivity contribution in [3.8, 4) is 0 Å². The molecule has 0 aliphatic heterocycles. The summed E-state index contributed by atoms with van der Waals surface area (Å²) in [7, 11) is -0.231. The molecule has 4 heteroatoms. The van der Waals surface area contributed by atoms with Crippen LogP contribution in [0.2, 0.25) is 0 Å². The normalized spacial score (nSPS) is 16.7. The van der Waals surface area contributed by atoms with Crippen LogP contribution in [0.1, 0.15) is 0 Å². The maximum absolute atomic E-state index is 3.19. The van der Waals surface area contributed by atoms with E-state index in [0.29, 0.717) is 11.3 Å². The second kappa shape index (κ2) is 20.7. The van der Waals surface area contributed by atoms with Crippen molar-refractivity contribution in [2.24, 2.45) is 0 Å². The Bertz CT molecular complexity index is 824. The Morgan fingerprint density at radius 2 is 0.971 bits per heavy atom. The minimum atomic E-state index is -0.231. The molecule has 4 aromatic carbocycles. The Labute approximate surface area is 238 Å². The van der Waals surface area contributed by atoms with E-state index < -0.39 is 0 Å². The van der Waals surface area contributed by atoms with Crippen molar-refractivity contribution in [2.45, 2.75) is 11.3 Å². The predicted octanol–water partition coefficient (Wildman–Crippen LogP) is 7.32. The van der Waals surface area contributed by atoms with Crippen molar-refractivity contribution in [2.75, 3.05) is 0 Å². The fourth-order valence-electron chi connectivity index (χ4n) is 3.11. The molecule has 0 amide bonds. The monoisotopic (exact) mass is 586 g/mol. The van der Waals surface area contributed by atoms with Gasteiger partial charge in [-0.15, -0.1) is 0 Å². The third-order valence-corrected chi connectivity index (χ3v) is 7.39. The molecular weight excluding hydrogens is 559 g/mol. The average molecular weight is 586 g/mol. The third kappa shape index (κ3) is 12.2. The van der Waals surface area contributed by atoms with Gasteiger partial charge in [-0.25, -0.2) is 66.8 Å². The number of hydrogen-bond donors (Lipinski definition) is 0. The molecule has 0 bridgehead atoms. The van der Waals surface area contributed by atoms with Gasteiger partial charge in [-0.1, -0.05) is 11.3 Å². The maximum Gasteiger partial charge on any atom is 2.00 e. The molecule has 0 nitrogen and oxygen atoms in total. The standard InChI is InChI=1S/C15H12P.3C5H5.3Fe/c1-2-8-13(7-1)16(14-9-3-4-10-14)15-11-5-6-12-15;3*1-2-4-5-3-1;;;/h1-3,5,7-12,14-15H;3*1-5H;;;/q-3;3*-1;3*+2. The first kappa shape index (κ1) is 32.3. The van der Waals surface area contributed by atoms with Crippen LogP contribution >= 0.6 is 7.92 Å². The molecule has 0 spiro atoms. The molecule has 2 unspecified atom stereocenters. The van der Waals surface area contributed by atoms with Crippen molar-refractivity contribution >= 4 is 13.2 Å². The summed E-state index contributed by atoms with van der Waals surface area (Å²) in [4.78, 5) is 0. The van der Waals surface area contributed by atoms with Gasteiger partial charge >= 0.3 is 51.2 Å². The van der Waals surface area contributed by atoms with Crippen LogP contribution in [0.4, 0.5) is 0 Å². The molecule has 6 rings (SSSR count). The van der Waals surface area contributed by atoms with Crippen LogP contribution in [0.3, 0.4) is 0 Å². The Morgan fingerprint density at radius 1 is 0.559 bits per heavy atom. The minimum Gasteiger partial charge on any atom is -0.256 e. The predicted molar refractivity (Wildman–Crippen MR) is 136 cm³/mol. The van der Waals surface area contributed by atoms with Crippen LogP contribution in [0.15, 0.2) is 152 Å². The van der Waals surface area contributed by atoms with Crippen molar-refractivity contribution < 1.29 is 51.2 Å². The fourth-order valence-corrected chi connectivity index (χ4v) is 5.75. The summed E-state index contributed by atoms with van der Waals surface area (Å²) < 4.78 is 0. The van der Waals surface area contributed by atoms with Crippen LogP contribution < -0.4 is 5.30 Å². The van der Waals surface area contributed by atoms with Crippen LogP contribution in [-0.4, -0.2) is 11.3 Å². The van der Waals surface area contributed by atoms with E-state index in [1.54, 1.807) is 0 Å². The summed E-state index contributed by atoms with van der Waals surface area (Å²) in [5.41, 5.74) is 1.06. The van der Waals surface area contributed by atoms with Crippen molar-refractivity contribution in [3.63, 3.8) is 0 Å². The first-order chi connectivity index (χ1) is 15.4. The van der Waals surface area contributed by atoms with E-state index in [2.05, 4.69) is 60.7 Å². The minimum absolute atomic E-state index is 0. The van der Waals surface area contributed by atoms with Crippen molar-refractivity contribution in [3.05, 3.63) is 164 Å². The fraction of sp³-hybridized carbons (Fsp3) is 0.0667. The maximum atomic E-state index is 3.19. The van der Waals surface area contributed by atoms with Gasteiger partial charge in [0.2, 0.25) is 0 Å². The molecule has 176 valence electrons. The molecule has 0 N–H and O–H groups in total. The van der Waals surface area contributed by atoms with Gasteiger partial charge in [0, 0.05) is 0 Å². The van der Waals surface area contributed by atoms with E-state index in [1.807, 2.05) is 103 Å². The number of rotatable bonds is 3. The van der Waals surface area contributed by atoms with Crippen LogP contribution in [-0.2, 0) is 51.2 Å². The summed E-state index contributed by atoms with van der Waals surface area (Å²) in [6, 6.07) is 38.7. The second-order valence-electron chi connectivity index (χ2n) is 6.80. The molecule has 2 aliphatic rings. The van der Waals surface area contributed by atoms with Gasteiger partial charge in [-0.05, 0) is 0 Å². The zero-order valence-electron chi connectivity index (χ0n) is 18.6. The van der Waals surface area contributed by atoms with Gasteiger partial charge in [0.1, 0.15) is 0 Å². The molecule has 2 atom stereocenters. The summed E-state index contributed by atoms with van der Waals surface area (Å²) in [5.74, 6) is 0. The second-order valence-corrected chi connectivity index (χ2v) is 9.33. The van der Waals surface area contributed by atoms with E-state index >= 15 is 0 Å². The molecule has 0 saturated carbocycles. The first-order valence-corrected chi connectivity index (χ1v) is 12.0. The van der Waals surface area contributed by atoms with Crippen molar-refractivity contribution in [1.29, 1.82) is 0 Å². The smallest absolute Gasteiger partial charge is 0.256 e. The van der Waals surface area contributed by atoms with Gasteiger partial charge in [0.25, 0.3) is 0 Å². The van der Waals surface area contributed by atoms with E-state index in [-0.39, 0.29) is 59.1 Å². The summed E-state index contributed by atoms with van der Waals surface area (Å²) >= 11 is 0. The summed E-state index contributed by atoms with van der Waals surface area (Å²) in [5, 5.41) is 1.47. The van der Waals surface area contributed by atoms with Gasteiger partial charge in [0.05, 0.1) is 0 Å². The zero-order chi connectivity index (χ0) is 21.4. The van der Waals surface area contributed by atoms with Gasteiger partial charge in [0.15, 0.2) is 0 Å². The quantitative estimate of drug-likeness (QED) is 0.134. The van der Waals surface area contributed by atoms with Gasteiger partial charge < -0.3 is 0 Å². The van der Waals surface area contributed by atoms with Gasteiger partial charge in [-0.3, -0.25) is 12.2 Å². The van der Waals surface area contributed by atoms with E-state index in [0.717, 1.165) is 0 Å². The first-order valence-electron chi connectivity index (χ1n) is 10.5. The summed E-state index contributed by atoms with van der Waals surface area (Å²) in [6.45, 7) is 0. The summed E-state index contributed by atoms with van der Waals surface area (Å²) in [6.07, 6.45) is 19.4. The van der Waals surface area contributed by atoms with E-state index in [4.69, 9.17) is 0 Å². The topological polar surface area (TPSA) is 0 Å². The average Bonchev–Trinajstić information content (AvgIpc) is 3.70. The molecule has 34 heavy (non-hydrogen) atoms. The van der Waals surface area contributed by atoms with E-state index in [9.17, 15) is 0 Å². The van der Waals surface area contributed by atoms with Crippen LogP contribution in [0.25, 0.3) is 0 Å². The third-order valence-electron chi connectivity index (χ3n) is 4.57. The molecule has 2 aliphatic carbocycles. The largest absolute Gasteiger partial charge is 2.00 e. The Kier molecular flexibility index (Phi) is 19.7. The molecular formula is C30H27Fe3P. The molecule has 0 fully saturated rings. The molecule has 0 heterocycles. The Hall–Kier alpha value is -1.65. The van der Waals surface area contributed by atoms with Crippen LogP contribution in [0, 0.1) is 12.2 Å². The molecule has 4 aromatic rings. The number of hydrogen-bond acceptors (Lipinski definition) is 0. The molecule has 0 radical (unpaired) electrons. The Morgan fingerprint density at radius 3 is 1.21 bits per heavy atom. The van der Waals surface area contributed by atoms with Crippen LogP contribution in [0.5, 0.6) is 0 Å². The number of allylic oxidation sites excluding steroid dienone is 8. The van der Waals surface area contributed by atoms with Crippen molar-refractivity contribution in [1.82, 2.24) is 0 Å². The molecule has 0 saturated heterocycles. The van der Waals surface area contributed by atoms with Gasteiger partial charge in [-0.2, -0.15) is 98.2 Å².